The normalized spacial score (nSPS) is 10.4. The van der Waals surface area contributed by atoms with E-state index in [1.807, 2.05) is 6.07 Å². The molecule has 0 aliphatic rings. The number of esters is 1. The van der Waals surface area contributed by atoms with Crippen LogP contribution in [0.15, 0.2) is 24.4 Å². The van der Waals surface area contributed by atoms with E-state index in [1.54, 1.807) is 18.3 Å². The molecule has 0 N–H and O–H groups in total. The maximum atomic E-state index is 11.5. The Morgan fingerprint density at radius 3 is 2.86 bits per heavy atom. The highest BCUT2D eigenvalue weighted by Crippen LogP contribution is 2.34. The number of halogens is 2. The topological polar surface area (TPSA) is 65.5 Å². The molecule has 5 nitrogen and oxygen atoms in total. The summed E-state index contributed by atoms with van der Waals surface area (Å²) in [7, 11) is 0. The van der Waals surface area contributed by atoms with Crippen LogP contribution in [-0.2, 0) is 14.3 Å². The van der Waals surface area contributed by atoms with Crippen molar-refractivity contribution < 1.29 is 19.1 Å². The second kappa shape index (κ2) is 7.04. The Kier molecular flexibility index (Phi) is 5.35. The molecule has 7 heteroatoms. The maximum Gasteiger partial charge on any atom is 0.344 e. The lowest BCUT2D eigenvalue weighted by Gasteiger charge is -2.11. The van der Waals surface area contributed by atoms with E-state index in [2.05, 4.69) is 27.6 Å². The first kappa shape index (κ1) is 16.0. The number of ether oxygens (including phenoxy) is 2. The molecule has 0 fully saturated rings. The highest BCUT2D eigenvalue weighted by Gasteiger charge is 2.14. The number of Topliss-reactive ketones (excluding diaryl/α,β-unsaturated/α-hetero) is 1. The van der Waals surface area contributed by atoms with Crippen molar-refractivity contribution in [1.82, 2.24) is 4.98 Å². The summed E-state index contributed by atoms with van der Waals surface area (Å²) in [6, 6.07) is 5.33. The number of nitrogens with zero attached hydrogens (tertiary/aromatic N) is 1. The molecule has 0 spiro atoms. The fourth-order valence-electron chi connectivity index (χ4n) is 1.64. The molecule has 0 amide bonds. The van der Waals surface area contributed by atoms with Gasteiger partial charge in [-0.15, -0.1) is 0 Å². The van der Waals surface area contributed by atoms with Gasteiger partial charge < -0.3 is 9.47 Å². The van der Waals surface area contributed by atoms with E-state index < -0.39 is 5.97 Å². The first-order valence-corrected chi connectivity index (χ1v) is 7.45. The summed E-state index contributed by atoms with van der Waals surface area (Å²) in [6.07, 6.45) is 1.62. The molecule has 0 radical (unpaired) electrons. The molecule has 0 bridgehead atoms. The number of fused-ring (bicyclic) bond motifs is 1. The average molecular weight is 420 g/mol. The van der Waals surface area contributed by atoms with Crippen LogP contribution in [0.25, 0.3) is 10.9 Å². The number of hydrogen-bond donors (Lipinski definition) is 0. The van der Waals surface area contributed by atoms with Gasteiger partial charge in [0.15, 0.2) is 18.1 Å². The third-order valence-electron chi connectivity index (χ3n) is 2.52. The Morgan fingerprint density at radius 1 is 1.38 bits per heavy atom. The summed E-state index contributed by atoms with van der Waals surface area (Å²) < 4.78 is 11.0. The molecule has 110 valence electrons. The number of rotatable bonds is 5. The number of aromatic nitrogens is 1. The Labute approximate surface area is 139 Å². The monoisotopic (exact) mass is 419 g/mol. The quantitative estimate of drug-likeness (QED) is 0.551. The van der Waals surface area contributed by atoms with Gasteiger partial charge in [-0.25, -0.2) is 4.79 Å². The first-order valence-electron chi connectivity index (χ1n) is 5.99. The summed E-state index contributed by atoms with van der Waals surface area (Å²) in [5.74, 6) is -0.369. The van der Waals surface area contributed by atoms with E-state index in [1.165, 1.54) is 6.92 Å². The molecule has 0 saturated carbocycles. The number of benzene rings is 1. The van der Waals surface area contributed by atoms with Crippen molar-refractivity contribution in [3.63, 3.8) is 0 Å². The zero-order chi connectivity index (χ0) is 15.4. The van der Waals surface area contributed by atoms with Crippen molar-refractivity contribution in [2.45, 2.75) is 6.92 Å². The molecule has 0 unspecified atom stereocenters. The maximum absolute atomic E-state index is 11.5. The number of hydrogen-bond acceptors (Lipinski definition) is 5. The summed E-state index contributed by atoms with van der Waals surface area (Å²) in [5.41, 5.74) is 0.578. The number of carbonyl (C=O) groups is 2. The standard InChI is InChI=1S/C14H11ClINO4/c1-8(18)6-20-12(19)7-21-14-11(16)5-10(15)9-3-2-4-17-13(9)14/h2-5H,6-7H2,1H3. The van der Waals surface area contributed by atoms with Crippen LogP contribution in [0.4, 0.5) is 0 Å². The predicted molar refractivity (Wildman–Crippen MR) is 86.6 cm³/mol. The van der Waals surface area contributed by atoms with Crippen molar-refractivity contribution in [2.24, 2.45) is 0 Å². The van der Waals surface area contributed by atoms with Crippen LogP contribution >= 0.6 is 34.2 Å². The van der Waals surface area contributed by atoms with Gasteiger partial charge in [0.2, 0.25) is 0 Å². The Balaban J connectivity index is 2.19. The molecule has 0 saturated heterocycles. The summed E-state index contributed by atoms with van der Waals surface area (Å²) >= 11 is 8.21. The number of ketones is 1. The zero-order valence-corrected chi connectivity index (χ0v) is 14.0. The minimum atomic E-state index is -0.611. The van der Waals surface area contributed by atoms with Crippen LogP contribution in [0.5, 0.6) is 5.75 Å². The molecule has 0 aliphatic heterocycles. The molecule has 0 aliphatic carbocycles. The van der Waals surface area contributed by atoms with Gasteiger partial charge in [0.25, 0.3) is 0 Å². The fraction of sp³-hybridized carbons (Fsp3) is 0.214. The van der Waals surface area contributed by atoms with Crippen LogP contribution in [0.2, 0.25) is 5.02 Å². The van der Waals surface area contributed by atoms with E-state index in [9.17, 15) is 9.59 Å². The molecule has 2 rings (SSSR count). The number of carbonyl (C=O) groups excluding carboxylic acids is 2. The van der Waals surface area contributed by atoms with E-state index in [0.29, 0.717) is 16.3 Å². The third kappa shape index (κ3) is 4.04. The van der Waals surface area contributed by atoms with Crippen LogP contribution in [-0.4, -0.2) is 30.0 Å². The van der Waals surface area contributed by atoms with Gasteiger partial charge >= 0.3 is 5.97 Å². The molecular formula is C14H11ClINO4. The Hall–Kier alpha value is -1.41. The lowest BCUT2D eigenvalue weighted by Crippen LogP contribution is -2.18. The van der Waals surface area contributed by atoms with Crippen molar-refractivity contribution in [1.29, 1.82) is 0 Å². The summed E-state index contributed by atoms with van der Waals surface area (Å²) in [6.45, 7) is 0.795. The minimum absolute atomic E-state index is 0.225. The van der Waals surface area contributed by atoms with E-state index in [0.717, 1.165) is 8.96 Å². The molecule has 1 heterocycles. The fourth-order valence-corrected chi connectivity index (χ4v) is 2.81. The van der Waals surface area contributed by atoms with E-state index >= 15 is 0 Å². The highest BCUT2D eigenvalue weighted by atomic mass is 127. The summed E-state index contributed by atoms with van der Waals surface area (Å²) in [5, 5.41) is 1.31. The second-order valence-corrected chi connectivity index (χ2v) is 5.79. The van der Waals surface area contributed by atoms with Crippen molar-refractivity contribution in [2.75, 3.05) is 13.2 Å². The van der Waals surface area contributed by atoms with Gasteiger partial charge in [-0.2, -0.15) is 0 Å². The zero-order valence-electron chi connectivity index (χ0n) is 11.1. The van der Waals surface area contributed by atoms with Gasteiger partial charge in [-0.1, -0.05) is 11.6 Å². The molecule has 21 heavy (non-hydrogen) atoms. The second-order valence-electron chi connectivity index (χ2n) is 4.22. The molecule has 0 atom stereocenters. The van der Waals surface area contributed by atoms with Crippen LogP contribution < -0.4 is 4.74 Å². The van der Waals surface area contributed by atoms with Gasteiger partial charge in [0, 0.05) is 11.6 Å². The molecule has 2 aromatic rings. The lowest BCUT2D eigenvalue weighted by atomic mass is 10.2. The largest absolute Gasteiger partial charge is 0.478 e. The van der Waals surface area contributed by atoms with E-state index in [4.69, 9.17) is 21.1 Å². The van der Waals surface area contributed by atoms with Gasteiger partial charge in [-0.05, 0) is 47.7 Å². The van der Waals surface area contributed by atoms with Gasteiger partial charge in [0.1, 0.15) is 12.1 Å². The Bertz CT molecular complexity index is 705. The van der Waals surface area contributed by atoms with Crippen molar-refractivity contribution in [3.8, 4) is 5.75 Å². The van der Waals surface area contributed by atoms with Gasteiger partial charge in [0.05, 0.1) is 8.59 Å². The first-order chi connectivity index (χ1) is 9.99. The molecular weight excluding hydrogens is 409 g/mol. The van der Waals surface area contributed by atoms with Crippen LogP contribution in [0.3, 0.4) is 0 Å². The van der Waals surface area contributed by atoms with Crippen LogP contribution in [0.1, 0.15) is 6.92 Å². The average Bonchev–Trinajstić information content (AvgIpc) is 2.45. The molecule has 1 aromatic carbocycles. The third-order valence-corrected chi connectivity index (χ3v) is 3.64. The Morgan fingerprint density at radius 2 is 2.14 bits per heavy atom. The van der Waals surface area contributed by atoms with Crippen molar-refractivity contribution in [3.05, 3.63) is 33.0 Å². The predicted octanol–water partition coefficient (Wildman–Crippen LogP) is 3.00. The summed E-state index contributed by atoms with van der Waals surface area (Å²) in [4.78, 5) is 26.5. The minimum Gasteiger partial charge on any atom is -0.478 e. The highest BCUT2D eigenvalue weighted by molar-refractivity contribution is 14.1. The lowest BCUT2D eigenvalue weighted by molar-refractivity contribution is -0.149. The molecule has 1 aromatic heterocycles. The van der Waals surface area contributed by atoms with Crippen LogP contribution in [0, 0.1) is 3.57 Å². The van der Waals surface area contributed by atoms with Gasteiger partial charge in [-0.3, -0.25) is 9.78 Å². The number of pyridine rings is 1. The smallest absolute Gasteiger partial charge is 0.344 e. The SMILES string of the molecule is CC(=O)COC(=O)COc1c(I)cc(Cl)c2cccnc12. The van der Waals surface area contributed by atoms with E-state index in [-0.39, 0.29) is 19.0 Å². The van der Waals surface area contributed by atoms with Crippen molar-refractivity contribution >= 4 is 56.8 Å².